The van der Waals surface area contributed by atoms with Crippen LogP contribution in [0.5, 0.6) is 0 Å². The molecule has 0 atom stereocenters. The van der Waals surface area contributed by atoms with Gasteiger partial charge in [-0.3, -0.25) is 0 Å². The molecule has 0 nitrogen and oxygen atoms in total. The fourth-order valence-electron chi connectivity index (χ4n) is 2.30. The van der Waals surface area contributed by atoms with Crippen molar-refractivity contribution in [2.24, 2.45) is 0 Å². The molecule has 2 aromatic rings. The van der Waals surface area contributed by atoms with Crippen molar-refractivity contribution < 1.29 is 0 Å². The minimum Gasteiger partial charge on any atom is -0.0843 e. The lowest BCUT2D eigenvalue weighted by Gasteiger charge is -2.12. The summed E-state index contributed by atoms with van der Waals surface area (Å²) in [7, 11) is 0. The van der Waals surface area contributed by atoms with Gasteiger partial charge < -0.3 is 0 Å². The van der Waals surface area contributed by atoms with E-state index in [1.165, 1.54) is 0 Å². The second-order valence-electron chi connectivity index (χ2n) is 4.54. The Kier molecular flexibility index (Phi) is 3.77. The Bertz CT molecular complexity index is 705. The van der Waals surface area contributed by atoms with Gasteiger partial charge in [-0.25, -0.2) is 0 Å². The molecule has 0 heterocycles. The van der Waals surface area contributed by atoms with Crippen LogP contribution in [0.2, 0.25) is 5.02 Å². The zero-order valence-corrected chi connectivity index (χ0v) is 12.2. The number of hydrogen-bond donors (Lipinski definition) is 0. The lowest BCUT2D eigenvalue weighted by molar-refractivity contribution is 1.52. The smallest absolute Gasteiger partial charge is 0.0484 e. The molecular formula is C18H12Cl2. The predicted octanol–water partition coefficient (Wildman–Crippen LogP) is 5.83. The molecular weight excluding hydrogens is 287 g/mol. The molecule has 0 unspecified atom stereocenters. The number of hydrogen-bond acceptors (Lipinski definition) is 0. The Morgan fingerprint density at radius 1 is 0.750 bits per heavy atom. The van der Waals surface area contributed by atoms with Crippen LogP contribution in [0.4, 0.5) is 0 Å². The average molecular weight is 299 g/mol. The largest absolute Gasteiger partial charge is 0.0843 e. The summed E-state index contributed by atoms with van der Waals surface area (Å²) in [6.07, 6.45) is 5.92. The van der Waals surface area contributed by atoms with E-state index in [4.69, 9.17) is 23.2 Å². The molecule has 0 radical (unpaired) electrons. The molecule has 0 spiro atoms. The van der Waals surface area contributed by atoms with Crippen LogP contribution < -0.4 is 0 Å². The van der Waals surface area contributed by atoms with Gasteiger partial charge in [-0.2, -0.15) is 0 Å². The van der Waals surface area contributed by atoms with Crippen LogP contribution in [0, 0.1) is 0 Å². The van der Waals surface area contributed by atoms with Gasteiger partial charge in [-0.1, -0.05) is 77.8 Å². The van der Waals surface area contributed by atoms with E-state index >= 15 is 0 Å². The topological polar surface area (TPSA) is 0 Å². The molecule has 0 N–H and O–H groups in total. The summed E-state index contributed by atoms with van der Waals surface area (Å²) in [4.78, 5) is 0. The average Bonchev–Trinajstić information content (AvgIpc) is 2.89. The van der Waals surface area contributed by atoms with Crippen molar-refractivity contribution in [1.82, 2.24) is 0 Å². The quantitative estimate of drug-likeness (QED) is 0.654. The number of allylic oxidation sites excluding steroid dienone is 5. The molecule has 98 valence electrons. The molecule has 0 aromatic heterocycles. The SMILES string of the molecule is ClC1=CC=CC1=C(c1ccccc1)c1ccc(Cl)cc1. The third kappa shape index (κ3) is 2.58. The van der Waals surface area contributed by atoms with E-state index in [1.54, 1.807) is 0 Å². The van der Waals surface area contributed by atoms with Crippen molar-refractivity contribution in [2.45, 2.75) is 0 Å². The first-order chi connectivity index (χ1) is 9.75. The molecule has 0 saturated heterocycles. The van der Waals surface area contributed by atoms with E-state index in [9.17, 15) is 0 Å². The van der Waals surface area contributed by atoms with E-state index in [-0.39, 0.29) is 0 Å². The van der Waals surface area contributed by atoms with E-state index < -0.39 is 0 Å². The van der Waals surface area contributed by atoms with Crippen LogP contribution in [0.3, 0.4) is 0 Å². The second kappa shape index (κ2) is 5.70. The minimum absolute atomic E-state index is 0.731. The Hall–Kier alpha value is -1.76. The van der Waals surface area contributed by atoms with Crippen molar-refractivity contribution >= 4 is 28.8 Å². The molecule has 3 rings (SSSR count). The normalized spacial score (nSPS) is 16.2. The van der Waals surface area contributed by atoms with Crippen molar-refractivity contribution in [2.75, 3.05) is 0 Å². The number of benzene rings is 2. The predicted molar refractivity (Wildman–Crippen MR) is 87.0 cm³/mol. The fraction of sp³-hybridized carbons (Fsp3) is 0. The standard InChI is InChI=1S/C18H12Cl2/c19-15-11-9-14(10-12-15)18(13-5-2-1-3-6-13)16-7-4-8-17(16)20/h1-12H. The maximum atomic E-state index is 6.32. The van der Waals surface area contributed by atoms with Crippen LogP contribution in [-0.2, 0) is 0 Å². The van der Waals surface area contributed by atoms with E-state index in [0.29, 0.717) is 0 Å². The summed E-state index contributed by atoms with van der Waals surface area (Å²) >= 11 is 12.3. The molecule has 0 fully saturated rings. The van der Waals surface area contributed by atoms with Gasteiger partial charge in [-0.15, -0.1) is 0 Å². The highest BCUT2D eigenvalue weighted by Crippen LogP contribution is 2.35. The molecule has 0 aliphatic heterocycles. The van der Waals surface area contributed by atoms with E-state index in [0.717, 1.165) is 32.3 Å². The number of halogens is 2. The fourth-order valence-corrected chi connectivity index (χ4v) is 2.66. The molecule has 2 heteroatoms. The van der Waals surface area contributed by atoms with Gasteiger partial charge in [0.25, 0.3) is 0 Å². The molecule has 1 aliphatic carbocycles. The molecule has 0 saturated carbocycles. The van der Waals surface area contributed by atoms with Gasteiger partial charge in [0.15, 0.2) is 0 Å². The monoisotopic (exact) mass is 298 g/mol. The molecule has 0 amide bonds. The molecule has 20 heavy (non-hydrogen) atoms. The van der Waals surface area contributed by atoms with Crippen molar-refractivity contribution in [3.8, 4) is 0 Å². The van der Waals surface area contributed by atoms with Gasteiger partial charge in [0, 0.05) is 15.6 Å². The lowest BCUT2D eigenvalue weighted by atomic mass is 9.93. The van der Waals surface area contributed by atoms with Crippen LogP contribution >= 0.6 is 23.2 Å². The van der Waals surface area contributed by atoms with Crippen molar-refractivity contribution in [1.29, 1.82) is 0 Å². The third-order valence-electron chi connectivity index (χ3n) is 3.23. The van der Waals surface area contributed by atoms with Gasteiger partial charge >= 0.3 is 0 Å². The summed E-state index contributed by atoms with van der Waals surface area (Å²) in [5.41, 5.74) is 4.41. The van der Waals surface area contributed by atoms with Gasteiger partial charge in [0.05, 0.1) is 0 Å². The van der Waals surface area contributed by atoms with Gasteiger partial charge in [0.2, 0.25) is 0 Å². The van der Waals surface area contributed by atoms with E-state index in [2.05, 4.69) is 12.1 Å². The van der Waals surface area contributed by atoms with Crippen molar-refractivity contribution in [3.05, 3.63) is 99.6 Å². The summed E-state index contributed by atoms with van der Waals surface area (Å²) in [5.74, 6) is 0. The first-order valence-corrected chi connectivity index (χ1v) is 7.11. The Morgan fingerprint density at radius 2 is 1.40 bits per heavy atom. The summed E-state index contributed by atoms with van der Waals surface area (Å²) in [6, 6.07) is 18.1. The highest BCUT2D eigenvalue weighted by molar-refractivity contribution is 6.34. The number of rotatable bonds is 2. The Morgan fingerprint density at radius 3 is 2.00 bits per heavy atom. The van der Waals surface area contributed by atoms with Crippen LogP contribution in [0.1, 0.15) is 11.1 Å². The second-order valence-corrected chi connectivity index (χ2v) is 5.38. The Labute approximate surface area is 128 Å². The zero-order valence-electron chi connectivity index (χ0n) is 10.7. The van der Waals surface area contributed by atoms with Crippen LogP contribution in [-0.4, -0.2) is 0 Å². The molecule has 0 bridgehead atoms. The highest BCUT2D eigenvalue weighted by atomic mass is 35.5. The zero-order chi connectivity index (χ0) is 13.9. The lowest BCUT2D eigenvalue weighted by Crippen LogP contribution is -1.92. The summed E-state index contributed by atoms with van der Waals surface area (Å²) in [6.45, 7) is 0. The third-order valence-corrected chi connectivity index (χ3v) is 3.81. The van der Waals surface area contributed by atoms with Crippen LogP contribution in [0.25, 0.3) is 5.57 Å². The Balaban J connectivity index is 2.22. The maximum absolute atomic E-state index is 6.32. The summed E-state index contributed by atoms with van der Waals surface area (Å²) < 4.78 is 0. The van der Waals surface area contributed by atoms with E-state index in [1.807, 2.05) is 60.7 Å². The van der Waals surface area contributed by atoms with Crippen LogP contribution in [0.15, 0.2) is 83.4 Å². The highest BCUT2D eigenvalue weighted by Gasteiger charge is 2.14. The summed E-state index contributed by atoms with van der Waals surface area (Å²) in [5, 5.41) is 1.49. The first kappa shape index (κ1) is 13.2. The van der Waals surface area contributed by atoms with Gasteiger partial charge in [-0.05, 0) is 34.9 Å². The molecule has 1 aliphatic rings. The van der Waals surface area contributed by atoms with Gasteiger partial charge in [0.1, 0.15) is 0 Å². The first-order valence-electron chi connectivity index (χ1n) is 6.35. The maximum Gasteiger partial charge on any atom is 0.0484 e. The molecule has 2 aromatic carbocycles. The minimum atomic E-state index is 0.731. The van der Waals surface area contributed by atoms with Crippen molar-refractivity contribution in [3.63, 3.8) is 0 Å².